The largest absolute Gasteiger partial charge is 0.469 e. The maximum absolute atomic E-state index is 12.1. The summed E-state index contributed by atoms with van der Waals surface area (Å²) in [5, 5.41) is 5.48. The van der Waals surface area contributed by atoms with Crippen LogP contribution in [0, 0.1) is 11.3 Å². The Labute approximate surface area is 149 Å². The van der Waals surface area contributed by atoms with Gasteiger partial charge in [0.1, 0.15) is 12.1 Å². The van der Waals surface area contributed by atoms with E-state index >= 15 is 0 Å². The number of ether oxygens (including phenoxy) is 2. The quantitative estimate of drug-likeness (QED) is 0.755. The fourth-order valence-electron chi connectivity index (χ4n) is 4.07. The minimum atomic E-state index is -0.603. The van der Waals surface area contributed by atoms with Gasteiger partial charge in [0.05, 0.1) is 12.5 Å². The van der Waals surface area contributed by atoms with Crippen molar-refractivity contribution in [2.24, 2.45) is 11.3 Å². The number of carbonyl (C=O) groups excluding carboxylic acids is 3. The molecule has 2 N–H and O–H groups in total. The van der Waals surface area contributed by atoms with Gasteiger partial charge in [0, 0.05) is 6.04 Å². The van der Waals surface area contributed by atoms with Crippen molar-refractivity contribution in [1.29, 1.82) is 0 Å². The number of alkyl carbamates (subject to hydrolysis) is 1. The number of hydrogen-bond donors (Lipinski definition) is 2. The van der Waals surface area contributed by atoms with Gasteiger partial charge >= 0.3 is 12.1 Å². The van der Waals surface area contributed by atoms with Crippen LogP contribution in [0.25, 0.3) is 0 Å². The predicted molar refractivity (Wildman–Crippen MR) is 91.8 cm³/mol. The molecule has 3 unspecified atom stereocenters. The highest BCUT2D eigenvalue weighted by Crippen LogP contribution is 2.49. The molecule has 0 saturated heterocycles. The van der Waals surface area contributed by atoms with E-state index in [1.165, 1.54) is 7.11 Å². The van der Waals surface area contributed by atoms with Crippen LogP contribution in [0.5, 0.6) is 0 Å². The number of fused-ring (bicyclic) bond motifs is 2. The fourth-order valence-corrected chi connectivity index (χ4v) is 4.07. The number of carbonyl (C=O) groups is 3. The Hall–Kier alpha value is -1.79. The van der Waals surface area contributed by atoms with Crippen LogP contribution in [0.4, 0.5) is 4.79 Å². The average Bonchev–Trinajstić information content (AvgIpc) is 2.53. The number of nitrogens with one attached hydrogen (secondary N) is 2. The van der Waals surface area contributed by atoms with E-state index in [0.717, 1.165) is 38.5 Å². The second-order valence-corrected chi connectivity index (χ2v) is 8.20. The van der Waals surface area contributed by atoms with Crippen molar-refractivity contribution in [1.82, 2.24) is 10.6 Å². The zero-order valence-corrected chi connectivity index (χ0v) is 15.6. The SMILES string of the molecule is COC(=O)C12CCCC(C1)C(NC(=O)CNC(=O)OC(C)(C)C)CC2. The van der Waals surface area contributed by atoms with Crippen molar-refractivity contribution in [3.05, 3.63) is 0 Å². The Morgan fingerprint density at radius 2 is 1.88 bits per heavy atom. The van der Waals surface area contributed by atoms with Crippen molar-refractivity contribution < 1.29 is 23.9 Å². The molecule has 0 spiro atoms. The zero-order valence-electron chi connectivity index (χ0n) is 15.6. The van der Waals surface area contributed by atoms with Crippen molar-refractivity contribution in [2.75, 3.05) is 13.7 Å². The summed E-state index contributed by atoms with van der Waals surface area (Å²) in [6, 6.07) is 0.0472. The third-order valence-electron chi connectivity index (χ3n) is 5.14. The van der Waals surface area contributed by atoms with E-state index in [9.17, 15) is 14.4 Å². The van der Waals surface area contributed by atoms with Gasteiger partial charge in [-0.1, -0.05) is 6.42 Å². The minimum Gasteiger partial charge on any atom is -0.469 e. The first-order valence-electron chi connectivity index (χ1n) is 9.00. The van der Waals surface area contributed by atoms with E-state index in [1.807, 2.05) is 0 Å². The lowest BCUT2D eigenvalue weighted by Crippen LogP contribution is -2.52. The van der Waals surface area contributed by atoms with Crippen molar-refractivity contribution >= 4 is 18.0 Å². The van der Waals surface area contributed by atoms with E-state index in [4.69, 9.17) is 9.47 Å². The topological polar surface area (TPSA) is 93.7 Å². The van der Waals surface area contributed by atoms with Crippen LogP contribution in [0.3, 0.4) is 0 Å². The molecule has 2 rings (SSSR count). The van der Waals surface area contributed by atoms with E-state index in [0.29, 0.717) is 0 Å². The molecule has 3 atom stereocenters. The van der Waals surface area contributed by atoms with Crippen LogP contribution in [0.2, 0.25) is 0 Å². The predicted octanol–water partition coefficient (Wildman–Crippen LogP) is 2.14. The van der Waals surface area contributed by atoms with Crippen molar-refractivity contribution in [3.8, 4) is 0 Å². The van der Waals surface area contributed by atoms with Crippen LogP contribution in [-0.4, -0.2) is 43.3 Å². The van der Waals surface area contributed by atoms with Gasteiger partial charge in [-0.05, 0) is 58.8 Å². The van der Waals surface area contributed by atoms with Crippen LogP contribution in [-0.2, 0) is 19.1 Å². The van der Waals surface area contributed by atoms with Gasteiger partial charge in [-0.25, -0.2) is 4.79 Å². The summed E-state index contributed by atoms with van der Waals surface area (Å²) in [4.78, 5) is 35.9. The number of hydrogen-bond acceptors (Lipinski definition) is 5. The number of esters is 1. The highest BCUT2D eigenvalue weighted by molar-refractivity contribution is 5.82. The first kappa shape index (κ1) is 19.5. The third-order valence-corrected chi connectivity index (χ3v) is 5.14. The molecule has 25 heavy (non-hydrogen) atoms. The molecule has 2 saturated carbocycles. The fraction of sp³-hybridized carbons (Fsp3) is 0.833. The molecule has 0 aromatic carbocycles. The smallest absolute Gasteiger partial charge is 0.408 e. The van der Waals surface area contributed by atoms with Crippen LogP contribution in [0.1, 0.15) is 59.3 Å². The molecule has 2 aliphatic carbocycles. The van der Waals surface area contributed by atoms with Gasteiger partial charge in [0.2, 0.25) is 5.91 Å². The van der Waals surface area contributed by atoms with Crippen LogP contribution >= 0.6 is 0 Å². The Kier molecular flexibility index (Phi) is 5.95. The summed E-state index contributed by atoms with van der Waals surface area (Å²) in [6.07, 6.45) is 4.51. The summed E-state index contributed by atoms with van der Waals surface area (Å²) in [5.74, 6) is -0.0624. The third kappa shape index (κ3) is 5.09. The summed E-state index contributed by atoms with van der Waals surface area (Å²) >= 11 is 0. The number of rotatable bonds is 4. The second kappa shape index (κ2) is 7.62. The summed E-state index contributed by atoms with van der Waals surface area (Å²) < 4.78 is 10.1. The Bertz CT molecular complexity index is 528. The molecular formula is C18H30N2O5. The van der Waals surface area contributed by atoms with E-state index in [-0.39, 0.29) is 35.8 Å². The number of amides is 2. The molecule has 2 bridgehead atoms. The molecule has 2 fully saturated rings. The lowest BCUT2D eigenvalue weighted by Gasteiger charge is -2.46. The lowest BCUT2D eigenvalue weighted by atomic mass is 9.60. The normalized spacial score (nSPS) is 28.6. The summed E-state index contributed by atoms with van der Waals surface area (Å²) in [7, 11) is 1.44. The molecule has 7 nitrogen and oxygen atoms in total. The van der Waals surface area contributed by atoms with Crippen LogP contribution in [0.15, 0.2) is 0 Å². The maximum atomic E-state index is 12.1. The first-order chi connectivity index (χ1) is 11.6. The van der Waals surface area contributed by atoms with E-state index in [1.54, 1.807) is 20.8 Å². The molecule has 7 heteroatoms. The van der Waals surface area contributed by atoms with Crippen LogP contribution < -0.4 is 10.6 Å². The summed E-state index contributed by atoms with van der Waals surface area (Å²) in [5.41, 5.74) is -0.961. The van der Waals surface area contributed by atoms with Gasteiger partial charge in [0.15, 0.2) is 0 Å². The monoisotopic (exact) mass is 354 g/mol. The van der Waals surface area contributed by atoms with Crippen molar-refractivity contribution in [2.45, 2.75) is 70.9 Å². The molecule has 2 amide bonds. The molecular weight excluding hydrogens is 324 g/mol. The molecule has 2 aliphatic rings. The summed E-state index contributed by atoms with van der Waals surface area (Å²) in [6.45, 7) is 5.20. The van der Waals surface area contributed by atoms with Gasteiger partial charge in [-0.2, -0.15) is 0 Å². The molecule has 142 valence electrons. The number of methoxy groups -OCH3 is 1. The molecule has 0 aliphatic heterocycles. The standard InChI is InChI=1S/C18H30N2O5/c1-17(2,3)25-16(23)19-11-14(21)20-13-7-9-18(15(22)24-4)8-5-6-12(13)10-18/h12-13H,5-11H2,1-4H3,(H,19,23)(H,20,21). The Morgan fingerprint density at radius 3 is 2.52 bits per heavy atom. The molecule has 0 heterocycles. The van der Waals surface area contributed by atoms with E-state index in [2.05, 4.69) is 10.6 Å². The highest BCUT2D eigenvalue weighted by Gasteiger charge is 2.49. The lowest BCUT2D eigenvalue weighted by molar-refractivity contribution is -0.159. The molecule has 0 radical (unpaired) electrons. The van der Waals surface area contributed by atoms with Crippen molar-refractivity contribution in [3.63, 3.8) is 0 Å². The average molecular weight is 354 g/mol. The maximum Gasteiger partial charge on any atom is 0.408 e. The van der Waals surface area contributed by atoms with Gasteiger partial charge < -0.3 is 20.1 Å². The highest BCUT2D eigenvalue weighted by atomic mass is 16.6. The second-order valence-electron chi connectivity index (χ2n) is 8.20. The Balaban J connectivity index is 1.82. The van der Waals surface area contributed by atoms with E-state index < -0.39 is 11.7 Å². The molecule has 0 aromatic rings. The first-order valence-corrected chi connectivity index (χ1v) is 9.00. The van der Waals surface area contributed by atoms with Gasteiger partial charge in [-0.15, -0.1) is 0 Å². The van der Waals surface area contributed by atoms with Gasteiger partial charge in [0.25, 0.3) is 0 Å². The zero-order chi connectivity index (χ0) is 18.7. The minimum absolute atomic E-state index is 0.0472. The molecule has 0 aromatic heterocycles. The Morgan fingerprint density at radius 1 is 1.16 bits per heavy atom. The van der Waals surface area contributed by atoms with Gasteiger partial charge in [-0.3, -0.25) is 9.59 Å².